The van der Waals surface area contributed by atoms with Gasteiger partial charge in [-0.1, -0.05) is 52.0 Å². The van der Waals surface area contributed by atoms with Crippen molar-refractivity contribution < 1.29 is 4.74 Å². The Morgan fingerprint density at radius 2 is 1.52 bits per heavy atom. The molecule has 0 radical (unpaired) electrons. The summed E-state index contributed by atoms with van der Waals surface area (Å²) in [7, 11) is 0. The maximum absolute atomic E-state index is 5.89. The maximum atomic E-state index is 5.89. The van der Waals surface area contributed by atoms with E-state index in [2.05, 4.69) is 64.2 Å². The van der Waals surface area contributed by atoms with Gasteiger partial charge in [-0.15, -0.1) is 0 Å². The summed E-state index contributed by atoms with van der Waals surface area (Å²) in [6.45, 7) is 14.0. The summed E-state index contributed by atoms with van der Waals surface area (Å²) >= 11 is 0. The van der Waals surface area contributed by atoms with Gasteiger partial charge in [-0.3, -0.25) is 0 Å². The second-order valence-corrected chi connectivity index (χ2v) is 6.92. The van der Waals surface area contributed by atoms with Crippen molar-refractivity contribution in [1.82, 2.24) is 5.32 Å². The first kappa shape index (κ1) is 18.2. The Hall–Kier alpha value is -0.860. The molecule has 0 aromatic heterocycles. The van der Waals surface area contributed by atoms with E-state index in [0.717, 1.165) is 38.5 Å². The standard InChI is InChI=1S/C19H33NO/c1-15(2)12-17(5)21-14-19-8-6-18(7-9-19)10-11-20-13-16(3)4/h6-9,15-17,20H,10-14H2,1-5H3. The first-order chi connectivity index (χ1) is 9.97. The van der Waals surface area contributed by atoms with E-state index in [1.165, 1.54) is 11.1 Å². The molecule has 1 rings (SSSR count). The van der Waals surface area contributed by atoms with Crippen molar-refractivity contribution in [2.45, 2.75) is 60.2 Å². The van der Waals surface area contributed by atoms with Crippen LogP contribution in [0.4, 0.5) is 0 Å². The lowest BCUT2D eigenvalue weighted by Crippen LogP contribution is -2.22. The maximum Gasteiger partial charge on any atom is 0.0720 e. The predicted molar refractivity (Wildman–Crippen MR) is 91.6 cm³/mol. The van der Waals surface area contributed by atoms with Gasteiger partial charge in [0, 0.05) is 0 Å². The topological polar surface area (TPSA) is 21.3 Å². The number of benzene rings is 1. The molecule has 1 atom stereocenters. The van der Waals surface area contributed by atoms with Gasteiger partial charge >= 0.3 is 0 Å². The summed E-state index contributed by atoms with van der Waals surface area (Å²) in [6, 6.07) is 8.84. The lowest BCUT2D eigenvalue weighted by atomic mass is 10.1. The zero-order valence-electron chi connectivity index (χ0n) is 14.5. The van der Waals surface area contributed by atoms with Crippen molar-refractivity contribution in [1.29, 1.82) is 0 Å². The van der Waals surface area contributed by atoms with Crippen molar-refractivity contribution in [3.05, 3.63) is 35.4 Å². The monoisotopic (exact) mass is 291 g/mol. The molecule has 0 spiro atoms. The fourth-order valence-corrected chi connectivity index (χ4v) is 2.40. The lowest BCUT2D eigenvalue weighted by molar-refractivity contribution is 0.0397. The van der Waals surface area contributed by atoms with Gasteiger partial charge in [0.1, 0.15) is 0 Å². The van der Waals surface area contributed by atoms with E-state index in [4.69, 9.17) is 4.74 Å². The van der Waals surface area contributed by atoms with Crippen LogP contribution in [0.2, 0.25) is 0 Å². The Balaban J connectivity index is 2.27. The fraction of sp³-hybridized carbons (Fsp3) is 0.684. The quantitative estimate of drug-likeness (QED) is 0.644. The summed E-state index contributed by atoms with van der Waals surface area (Å²) < 4.78 is 5.89. The molecule has 1 aromatic carbocycles. The zero-order chi connectivity index (χ0) is 15.7. The average Bonchev–Trinajstić information content (AvgIpc) is 2.41. The third-order valence-electron chi connectivity index (χ3n) is 3.50. The second kappa shape index (κ2) is 9.97. The van der Waals surface area contributed by atoms with Crippen LogP contribution in [0.15, 0.2) is 24.3 Å². The van der Waals surface area contributed by atoms with Crippen molar-refractivity contribution in [2.24, 2.45) is 11.8 Å². The summed E-state index contributed by atoms with van der Waals surface area (Å²) in [5.74, 6) is 1.41. The molecular formula is C19H33NO. The highest BCUT2D eigenvalue weighted by Crippen LogP contribution is 2.11. The van der Waals surface area contributed by atoms with Crippen LogP contribution in [0.3, 0.4) is 0 Å². The zero-order valence-corrected chi connectivity index (χ0v) is 14.5. The number of hydrogen-bond acceptors (Lipinski definition) is 2. The highest BCUT2D eigenvalue weighted by molar-refractivity contribution is 5.22. The summed E-state index contributed by atoms with van der Waals surface area (Å²) in [5, 5.41) is 3.48. The van der Waals surface area contributed by atoms with Gasteiger partial charge < -0.3 is 10.1 Å². The van der Waals surface area contributed by atoms with Gasteiger partial charge in [-0.05, 0) is 55.8 Å². The van der Waals surface area contributed by atoms with Crippen LogP contribution < -0.4 is 5.32 Å². The lowest BCUT2D eigenvalue weighted by Gasteiger charge is -2.15. The number of rotatable bonds is 10. The molecular weight excluding hydrogens is 258 g/mol. The molecule has 1 unspecified atom stereocenters. The Bertz CT molecular complexity index is 370. The molecule has 0 saturated heterocycles. The Kier molecular flexibility index (Phi) is 8.63. The van der Waals surface area contributed by atoms with Gasteiger partial charge in [0.25, 0.3) is 0 Å². The van der Waals surface area contributed by atoms with Gasteiger partial charge in [0.2, 0.25) is 0 Å². The Labute approximate surface area is 131 Å². The van der Waals surface area contributed by atoms with Crippen molar-refractivity contribution >= 4 is 0 Å². The number of nitrogens with one attached hydrogen (secondary N) is 1. The van der Waals surface area contributed by atoms with Gasteiger partial charge in [-0.2, -0.15) is 0 Å². The van der Waals surface area contributed by atoms with Crippen LogP contribution in [0.1, 0.15) is 52.2 Å². The average molecular weight is 291 g/mol. The van der Waals surface area contributed by atoms with E-state index in [9.17, 15) is 0 Å². The molecule has 0 saturated carbocycles. The van der Waals surface area contributed by atoms with Crippen LogP contribution in [0, 0.1) is 11.8 Å². The van der Waals surface area contributed by atoms with Crippen molar-refractivity contribution in [3.63, 3.8) is 0 Å². The van der Waals surface area contributed by atoms with Crippen LogP contribution in [-0.2, 0) is 17.8 Å². The van der Waals surface area contributed by atoms with Crippen LogP contribution in [-0.4, -0.2) is 19.2 Å². The first-order valence-electron chi connectivity index (χ1n) is 8.37. The van der Waals surface area contributed by atoms with E-state index in [0.29, 0.717) is 12.0 Å². The molecule has 2 heteroatoms. The van der Waals surface area contributed by atoms with E-state index < -0.39 is 0 Å². The SMILES string of the molecule is CC(C)CNCCc1ccc(COC(C)CC(C)C)cc1. The molecule has 120 valence electrons. The highest BCUT2D eigenvalue weighted by atomic mass is 16.5. The van der Waals surface area contributed by atoms with Gasteiger partial charge in [0.05, 0.1) is 12.7 Å². The first-order valence-corrected chi connectivity index (χ1v) is 8.37. The summed E-state index contributed by atoms with van der Waals surface area (Å²) in [4.78, 5) is 0. The molecule has 1 aromatic rings. The van der Waals surface area contributed by atoms with Gasteiger partial charge in [-0.25, -0.2) is 0 Å². The smallest absolute Gasteiger partial charge is 0.0720 e. The molecule has 2 nitrogen and oxygen atoms in total. The summed E-state index contributed by atoms with van der Waals surface area (Å²) in [5.41, 5.74) is 2.66. The van der Waals surface area contributed by atoms with E-state index >= 15 is 0 Å². The molecule has 0 bridgehead atoms. The molecule has 0 fully saturated rings. The van der Waals surface area contributed by atoms with Crippen molar-refractivity contribution in [3.8, 4) is 0 Å². The van der Waals surface area contributed by atoms with Crippen LogP contribution in [0.25, 0.3) is 0 Å². The number of hydrogen-bond donors (Lipinski definition) is 1. The molecule has 0 aliphatic heterocycles. The third kappa shape index (κ3) is 8.90. The molecule has 1 N–H and O–H groups in total. The minimum Gasteiger partial charge on any atom is -0.374 e. The van der Waals surface area contributed by atoms with E-state index in [1.54, 1.807) is 0 Å². The minimum atomic E-state index is 0.338. The van der Waals surface area contributed by atoms with E-state index in [-0.39, 0.29) is 0 Å². The molecule has 0 amide bonds. The predicted octanol–water partition coefficient (Wildman–Crippen LogP) is 4.43. The Morgan fingerprint density at radius 1 is 0.905 bits per heavy atom. The van der Waals surface area contributed by atoms with Crippen LogP contribution >= 0.6 is 0 Å². The van der Waals surface area contributed by atoms with Crippen molar-refractivity contribution in [2.75, 3.05) is 13.1 Å². The molecule has 0 aliphatic carbocycles. The van der Waals surface area contributed by atoms with E-state index in [1.807, 2.05) is 0 Å². The minimum absolute atomic E-state index is 0.338. The third-order valence-corrected chi connectivity index (χ3v) is 3.50. The highest BCUT2D eigenvalue weighted by Gasteiger charge is 2.05. The molecule has 0 heterocycles. The largest absolute Gasteiger partial charge is 0.374 e. The van der Waals surface area contributed by atoms with Gasteiger partial charge in [0.15, 0.2) is 0 Å². The van der Waals surface area contributed by atoms with Crippen LogP contribution in [0.5, 0.6) is 0 Å². The normalized spacial score (nSPS) is 13.1. The Morgan fingerprint density at radius 3 is 2.10 bits per heavy atom. The molecule has 21 heavy (non-hydrogen) atoms. The second-order valence-electron chi connectivity index (χ2n) is 6.92. The molecule has 0 aliphatic rings. The fourth-order valence-electron chi connectivity index (χ4n) is 2.40. The summed E-state index contributed by atoms with van der Waals surface area (Å²) in [6.07, 6.45) is 2.56. The number of ether oxygens (including phenoxy) is 1.